The first-order valence-corrected chi connectivity index (χ1v) is 17.7. The van der Waals surface area contributed by atoms with Gasteiger partial charge < -0.3 is 19.5 Å². The molecule has 4 aromatic rings. The van der Waals surface area contributed by atoms with Crippen molar-refractivity contribution in [2.45, 2.75) is 25.6 Å². The Morgan fingerprint density at radius 1 is 0.804 bits per heavy atom. The van der Waals surface area contributed by atoms with Gasteiger partial charge in [-0.25, -0.2) is 4.90 Å². The van der Waals surface area contributed by atoms with Crippen molar-refractivity contribution >= 4 is 57.8 Å². The molecule has 13 nitrogen and oxygen atoms in total. The van der Waals surface area contributed by atoms with Gasteiger partial charge in [-0.1, -0.05) is 0 Å². The van der Waals surface area contributed by atoms with Gasteiger partial charge in [-0.05, 0) is 98.9 Å². The molecule has 3 aromatic carbocycles. The van der Waals surface area contributed by atoms with Crippen LogP contribution in [0.3, 0.4) is 0 Å². The number of imide groups is 1. The third-order valence-electron chi connectivity index (χ3n) is 9.98. The lowest BCUT2D eigenvalue weighted by Gasteiger charge is -2.36. The van der Waals surface area contributed by atoms with Crippen molar-refractivity contribution in [3.05, 3.63) is 111 Å². The number of rotatable bonds is 8. The Morgan fingerprint density at radius 2 is 1.46 bits per heavy atom. The number of aromatic amines is 1. The zero-order valence-corrected chi connectivity index (χ0v) is 30.7. The Kier molecular flexibility index (Phi) is 9.61. The molecule has 0 spiro atoms. The van der Waals surface area contributed by atoms with Crippen LogP contribution in [0.2, 0.25) is 0 Å². The topological polar surface area (TPSA) is 157 Å². The summed E-state index contributed by atoms with van der Waals surface area (Å²) in [5.74, 6) is -1.18. The van der Waals surface area contributed by atoms with Crippen LogP contribution in [0.4, 0.5) is 35.9 Å². The summed E-state index contributed by atoms with van der Waals surface area (Å²) in [6, 6.07) is 20.9. The number of nitrogens with one attached hydrogen (secondary N) is 1. The molecular weight excluding hydrogens is 750 g/mol. The van der Waals surface area contributed by atoms with E-state index in [9.17, 15) is 37.6 Å². The number of H-pyrrole nitrogens is 1. The van der Waals surface area contributed by atoms with Crippen LogP contribution in [-0.2, 0) is 11.0 Å². The van der Waals surface area contributed by atoms with E-state index in [4.69, 9.17) is 22.2 Å². The molecule has 0 atom stereocenters. The number of benzene rings is 3. The van der Waals surface area contributed by atoms with E-state index in [1.165, 1.54) is 18.2 Å². The zero-order chi connectivity index (χ0) is 40.1. The van der Waals surface area contributed by atoms with Crippen molar-refractivity contribution in [3.63, 3.8) is 0 Å². The van der Waals surface area contributed by atoms with Crippen molar-refractivity contribution in [3.8, 4) is 17.9 Å². The maximum atomic E-state index is 13.7. The number of nitrogens with zero attached hydrogens (tertiary/aromatic N) is 7. The molecule has 3 amide bonds. The smallest absolute Gasteiger partial charge is 0.417 e. The minimum absolute atomic E-state index is 0.00712. The van der Waals surface area contributed by atoms with E-state index in [1.807, 2.05) is 6.07 Å². The van der Waals surface area contributed by atoms with Crippen LogP contribution in [0, 0.1) is 22.7 Å². The Balaban J connectivity index is 0.939. The van der Waals surface area contributed by atoms with Crippen molar-refractivity contribution in [1.29, 1.82) is 10.5 Å². The van der Waals surface area contributed by atoms with Crippen LogP contribution in [0.25, 0.3) is 0 Å². The summed E-state index contributed by atoms with van der Waals surface area (Å²) >= 11 is 5.62. The van der Waals surface area contributed by atoms with Gasteiger partial charge in [0.15, 0.2) is 5.11 Å². The average molecular weight is 781 g/mol. The quantitative estimate of drug-likeness (QED) is 0.189. The first-order chi connectivity index (χ1) is 26.6. The molecule has 17 heteroatoms. The van der Waals surface area contributed by atoms with Gasteiger partial charge in [0.2, 0.25) is 0 Å². The predicted molar refractivity (Wildman–Crippen MR) is 203 cm³/mol. The molecule has 7 rings (SSSR count). The first-order valence-electron chi connectivity index (χ1n) is 17.3. The van der Waals surface area contributed by atoms with E-state index < -0.39 is 46.1 Å². The lowest BCUT2D eigenvalue weighted by molar-refractivity contribution is -0.137. The number of halogens is 3. The first kappa shape index (κ1) is 37.7. The number of hydrogen-bond acceptors (Lipinski definition) is 10. The third-order valence-corrected chi connectivity index (χ3v) is 10.3. The number of carbonyl (C=O) groups is 3. The van der Waals surface area contributed by atoms with Crippen LogP contribution >= 0.6 is 12.2 Å². The fourth-order valence-electron chi connectivity index (χ4n) is 7.02. The highest BCUT2D eigenvalue weighted by atomic mass is 32.1. The van der Waals surface area contributed by atoms with Gasteiger partial charge in [0, 0.05) is 44.1 Å². The largest absolute Gasteiger partial charge is 0.492 e. The van der Waals surface area contributed by atoms with E-state index >= 15 is 0 Å². The molecule has 1 aromatic heterocycles. The summed E-state index contributed by atoms with van der Waals surface area (Å²) in [6.07, 6.45) is -4.80. The van der Waals surface area contributed by atoms with Crippen LogP contribution in [0.1, 0.15) is 51.4 Å². The summed E-state index contributed by atoms with van der Waals surface area (Å²) in [4.78, 5) is 62.5. The number of aromatic nitrogens is 1. The molecule has 3 aliphatic heterocycles. The maximum Gasteiger partial charge on any atom is 0.417 e. The molecule has 2 saturated heterocycles. The Bertz CT molecular complexity index is 2450. The number of nitriles is 2. The highest BCUT2D eigenvalue weighted by Gasteiger charge is 2.51. The molecule has 284 valence electrons. The fourth-order valence-corrected chi connectivity index (χ4v) is 7.55. The molecule has 0 aliphatic carbocycles. The Labute approximate surface area is 323 Å². The molecule has 0 radical (unpaired) electrons. The molecular formula is C39H31F3N8O5S. The lowest BCUT2D eigenvalue weighted by Crippen LogP contribution is -2.47. The lowest BCUT2D eigenvalue weighted by atomic mass is 10.0. The fraction of sp³-hybridized carbons (Fsp3) is 0.256. The second-order valence-electron chi connectivity index (χ2n) is 13.7. The number of hydrogen-bond donors (Lipinski definition) is 1. The number of fused-ring (bicyclic) bond motifs is 1. The van der Waals surface area contributed by atoms with Crippen molar-refractivity contribution < 1.29 is 32.3 Å². The van der Waals surface area contributed by atoms with Gasteiger partial charge in [0.05, 0.1) is 34.0 Å². The summed E-state index contributed by atoms with van der Waals surface area (Å²) in [5.41, 5.74) is -2.19. The minimum Gasteiger partial charge on any atom is -0.492 e. The Hall–Kier alpha value is -6.56. The number of alkyl halides is 3. The standard InChI is InChI=1S/C39H31F3N8O5S/c1-38(2)36(54)48(27-5-3-23(21-43)31(20-27)39(40,41)42)37(56)50(38)25-6-9-28(10-7-25)55-18-17-46-13-15-47(16-14-46)26-8-11-29-30(19-26)35(53)49(34(29)52)32-12-4-24(22-44)45-33(32)51/h3-12,19-20H,13-18H2,1-2H3,(H,45,51). The van der Waals surface area contributed by atoms with Crippen molar-refractivity contribution in [2.75, 3.05) is 58.9 Å². The predicted octanol–water partition coefficient (Wildman–Crippen LogP) is 5.06. The van der Waals surface area contributed by atoms with Crippen LogP contribution < -0.4 is 29.9 Å². The summed E-state index contributed by atoms with van der Waals surface area (Å²) < 4.78 is 47.1. The van der Waals surface area contributed by atoms with Crippen LogP contribution in [-0.4, -0.2) is 77.6 Å². The molecule has 0 bridgehead atoms. The van der Waals surface area contributed by atoms with E-state index in [2.05, 4.69) is 14.8 Å². The second-order valence-corrected chi connectivity index (χ2v) is 14.1. The van der Waals surface area contributed by atoms with Gasteiger partial charge in [0.25, 0.3) is 23.3 Å². The molecule has 2 fully saturated rings. The number of thiocarbonyl (C=S) groups is 1. The van der Waals surface area contributed by atoms with Gasteiger partial charge >= 0.3 is 6.18 Å². The molecule has 56 heavy (non-hydrogen) atoms. The molecule has 0 saturated carbocycles. The summed E-state index contributed by atoms with van der Waals surface area (Å²) in [6.45, 7) is 6.95. The normalized spacial score (nSPS) is 17.0. The molecule has 1 N–H and O–H groups in total. The number of ether oxygens (including phenoxy) is 1. The number of carbonyl (C=O) groups excluding carboxylic acids is 3. The highest BCUT2D eigenvalue weighted by Crippen LogP contribution is 2.40. The van der Waals surface area contributed by atoms with Gasteiger partial charge in [-0.3, -0.25) is 29.0 Å². The number of piperazine rings is 1. The highest BCUT2D eigenvalue weighted by molar-refractivity contribution is 7.81. The number of pyridine rings is 1. The molecule has 3 aliphatic rings. The minimum atomic E-state index is -4.80. The van der Waals surface area contributed by atoms with E-state index in [1.54, 1.807) is 67.3 Å². The number of anilines is 4. The Morgan fingerprint density at radius 3 is 2.11 bits per heavy atom. The van der Waals surface area contributed by atoms with Gasteiger partial charge in [-0.2, -0.15) is 23.7 Å². The van der Waals surface area contributed by atoms with E-state index in [0.29, 0.717) is 50.8 Å². The summed E-state index contributed by atoms with van der Waals surface area (Å²) in [7, 11) is 0. The van der Waals surface area contributed by atoms with Crippen molar-refractivity contribution in [2.24, 2.45) is 0 Å². The SMILES string of the molecule is CC1(C)C(=O)N(c2ccc(C#N)c(C(F)(F)F)c2)C(=S)N1c1ccc(OCCN2CCN(c3ccc4c(c3)C(=O)N(c3ccc(C#N)[nH]c3=O)C4=O)CC2)cc1. The van der Waals surface area contributed by atoms with E-state index in [0.717, 1.165) is 27.6 Å². The third kappa shape index (κ3) is 6.61. The van der Waals surface area contributed by atoms with Crippen LogP contribution in [0.5, 0.6) is 5.75 Å². The second kappa shape index (κ2) is 14.3. The van der Waals surface area contributed by atoms with Gasteiger partial charge in [0.1, 0.15) is 35.3 Å². The number of amides is 3. The summed E-state index contributed by atoms with van der Waals surface area (Å²) in [5, 5.41) is 18.2. The van der Waals surface area contributed by atoms with Gasteiger partial charge in [-0.15, -0.1) is 0 Å². The maximum absolute atomic E-state index is 13.7. The molecule has 0 unspecified atom stereocenters. The van der Waals surface area contributed by atoms with Crippen LogP contribution in [0.15, 0.2) is 77.6 Å². The molecule has 4 heterocycles. The monoisotopic (exact) mass is 780 g/mol. The van der Waals surface area contributed by atoms with Crippen molar-refractivity contribution in [1.82, 2.24) is 9.88 Å². The zero-order valence-electron chi connectivity index (χ0n) is 29.9. The van der Waals surface area contributed by atoms with E-state index in [-0.39, 0.29) is 33.3 Å². The average Bonchev–Trinajstić information content (AvgIpc) is 3.53.